The summed E-state index contributed by atoms with van der Waals surface area (Å²) in [5.74, 6) is 1.86. The number of aliphatic hydroxyl groups excluding tert-OH is 1. The van der Waals surface area contributed by atoms with Crippen LogP contribution in [0, 0.1) is 13.8 Å². The molecule has 0 aliphatic heterocycles. The van der Waals surface area contributed by atoms with E-state index in [1.54, 1.807) is 13.3 Å². The maximum atomic E-state index is 9.34. The van der Waals surface area contributed by atoms with E-state index in [9.17, 15) is 5.11 Å². The molecule has 216 valence electrons. The molecule has 8 nitrogen and oxygen atoms in total. The summed E-state index contributed by atoms with van der Waals surface area (Å²) < 4.78 is 5.65. The lowest BCUT2D eigenvalue weighted by molar-refractivity contribution is 0.229. The first kappa shape index (κ1) is 29.4. The topological polar surface area (TPSA) is 105 Å². The lowest BCUT2D eigenvalue weighted by Gasteiger charge is -2.26. The number of ether oxygens (including phenoxy) is 1. The van der Waals surface area contributed by atoms with Gasteiger partial charge in [0.15, 0.2) is 5.82 Å². The third kappa shape index (κ3) is 6.21. The van der Waals surface area contributed by atoms with Gasteiger partial charge in [0, 0.05) is 47.3 Å². The summed E-state index contributed by atoms with van der Waals surface area (Å²) in [5, 5.41) is 16.9. The van der Waals surface area contributed by atoms with Crippen molar-refractivity contribution in [2.75, 3.05) is 19.0 Å². The van der Waals surface area contributed by atoms with E-state index in [4.69, 9.17) is 21.3 Å². The molecule has 0 saturated carbocycles. The number of anilines is 2. The highest BCUT2D eigenvalue weighted by atomic mass is 35.5. The van der Waals surface area contributed by atoms with Gasteiger partial charge in [-0.05, 0) is 69.5 Å². The van der Waals surface area contributed by atoms with Gasteiger partial charge in [-0.25, -0.2) is 15.0 Å². The van der Waals surface area contributed by atoms with Crippen molar-refractivity contribution in [3.05, 3.63) is 88.8 Å². The lowest BCUT2D eigenvalue weighted by Crippen LogP contribution is -2.39. The molecule has 5 rings (SSSR count). The Kier molecular flexibility index (Phi) is 8.68. The van der Waals surface area contributed by atoms with Crippen molar-refractivity contribution >= 4 is 34.1 Å². The fourth-order valence-corrected chi connectivity index (χ4v) is 5.26. The molecule has 3 N–H and O–H groups in total. The van der Waals surface area contributed by atoms with Crippen LogP contribution in [0.2, 0.25) is 5.02 Å². The number of aliphatic hydroxyl groups is 1. The summed E-state index contributed by atoms with van der Waals surface area (Å²) >= 11 is 7.08. The van der Waals surface area contributed by atoms with Crippen LogP contribution in [-0.4, -0.2) is 44.3 Å². The molecule has 0 fully saturated rings. The molecule has 0 radical (unpaired) electrons. The van der Waals surface area contributed by atoms with Crippen LogP contribution in [0.3, 0.4) is 0 Å². The molecule has 0 aliphatic rings. The van der Waals surface area contributed by atoms with Gasteiger partial charge < -0.3 is 20.5 Å². The number of methoxy groups -OCH3 is 1. The number of pyridine rings is 2. The molecule has 0 atom stereocenters. The van der Waals surface area contributed by atoms with Gasteiger partial charge in [0.25, 0.3) is 0 Å². The first-order valence-electron chi connectivity index (χ1n) is 13.9. The molecule has 42 heavy (non-hydrogen) atoms. The first-order chi connectivity index (χ1) is 20.2. The molecule has 3 aromatic heterocycles. The Hall–Kier alpha value is -4.11. The van der Waals surface area contributed by atoms with Crippen LogP contribution in [0.25, 0.3) is 33.4 Å². The van der Waals surface area contributed by atoms with Crippen LogP contribution < -0.4 is 15.4 Å². The van der Waals surface area contributed by atoms with E-state index in [1.807, 2.05) is 61.5 Å². The van der Waals surface area contributed by atoms with Crippen LogP contribution in [0.5, 0.6) is 5.88 Å². The predicted molar refractivity (Wildman–Crippen MR) is 169 cm³/mol. The summed E-state index contributed by atoms with van der Waals surface area (Å²) in [6, 6.07) is 19.8. The SMILES string of the molecule is COc1nc(-c2cccc(-c3cccc(Nc4nc(C)nc5cccnc45)c3C)c2Cl)ccc1CNC(C)(C)CCO. The Labute approximate surface area is 251 Å². The van der Waals surface area contributed by atoms with E-state index >= 15 is 0 Å². The van der Waals surface area contributed by atoms with Gasteiger partial charge in [0.05, 0.1) is 23.3 Å². The Bertz CT molecular complexity index is 1740. The monoisotopic (exact) mass is 582 g/mol. The van der Waals surface area contributed by atoms with E-state index in [1.165, 1.54) is 0 Å². The molecule has 3 heterocycles. The smallest absolute Gasteiger partial charge is 0.218 e. The zero-order chi connectivity index (χ0) is 29.9. The highest BCUT2D eigenvalue weighted by Crippen LogP contribution is 2.40. The van der Waals surface area contributed by atoms with E-state index in [0.29, 0.717) is 41.0 Å². The highest BCUT2D eigenvalue weighted by Gasteiger charge is 2.19. The van der Waals surface area contributed by atoms with Crippen LogP contribution in [0.1, 0.15) is 37.2 Å². The van der Waals surface area contributed by atoms with Crippen molar-refractivity contribution in [2.24, 2.45) is 0 Å². The van der Waals surface area contributed by atoms with Crippen molar-refractivity contribution in [1.29, 1.82) is 0 Å². The van der Waals surface area contributed by atoms with Crippen molar-refractivity contribution < 1.29 is 9.84 Å². The van der Waals surface area contributed by atoms with Gasteiger partial charge >= 0.3 is 0 Å². The summed E-state index contributed by atoms with van der Waals surface area (Å²) in [5.41, 5.74) is 7.56. The standard InChI is InChI=1S/C33H35ClN6O2/c1-20-23(9-7-12-26(20)39-31-30-28(13-8-17-35-30)37-21(2)38-31)24-10-6-11-25(29(24)34)27-15-14-22(32(40-27)42-5)19-36-33(3,4)16-18-41/h6-15,17,36,41H,16,18-19H2,1-5H3,(H,37,38,39). The molecular weight excluding hydrogens is 548 g/mol. The average molecular weight is 583 g/mol. The van der Waals surface area contributed by atoms with E-state index in [2.05, 4.69) is 52.4 Å². The minimum absolute atomic E-state index is 0.121. The number of halogens is 1. The summed E-state index contributed by atoms with van der Waals surface area (Å²) in [6.45, 7) is 8.73. The fourth-order valence-electron chi connectivity index (χ4n) is 4.93. The molecule has 2 aromatic carbocycles. The summed E-state index contributed by atoms with van der Waals surface area (Å²) in [4.78, 5) is 18.4. The Morgan fingerprint density at radius 2 is 1.67 bits per heavy atom. The number of nitrogens with zero attached hydrogens (tertiary/aromatic N) is 4. The zero-order valence-electron chi connectivity index (χ0n) is 24.5. The quantitative estimate of drug-likeness (QED) is 0.161. The number of aromatic nitrogens is 4. The number of benzene rings is 2. The Morgan fingerprint density at radius 3 is 2.45 bits per heavy atom. The van der Waals surface area contributed by atoms with Crippen molar-refractivity contribution in [3.8, 4) is 28.3 Å². The minimum Gasteiger partial charge on any atom is -0.481 e. The lowest BCUT2D eigenvalue weighted by atomic mass is 9.96. The van der Waals surface area contributed by atoms with Crippen molar-refractivity contribution in [3.63, 3.8) is 0 Å². The van der Waals surface area contributed by atoms with Crippen molar-refractivity contribution in [2.45, 2.75) is 46.2 Å². The zero-order valence-corrected chi connectivity index (χ0v) is 25.3. The molecule has 9 heteroatoms. The number of hydrogen-bond acceptors (Lipinski definition) is 8. The van der Waals surface area contributed by atoms with Gasteiger partial charge in [-0.1, -0.05) is 48.0 Å². The van der Waals surface area contributed by atoms with E-state index in [0.717, 1.165) is 44.7 Å². The molecule has 0 bridgehead atoms. The van der Waals surface area contributed by atoms with Gasteiger partial charge in [-0.15, -0.1) is 0 Å². The number of fused-ring (bicyclic) bond motifs is 1. The average Bonchev–Trinajstić information content (AvgIpc) is 2.97. The Morgan fingerprint density at radius 1 is 0.905 bits per heavy atom. The molecular formula is C33H35ClN6O2. The third-order valence-electron chi connectivity index (χ3n) is 7.34. The van der Waals surface area contributed by atoms with Gasteiger partial charge in [-0.3, -0.25) is 4.98 Å². The van der Waals surface area contributed by atoms with Crippen LogP contribution in [0.4, 0.5) is 11.5 Å². The Balaban J connectivity index is 1.47. The number of rotatable bonds is 10. The number of aryl methyl sites for hydroxylation is 1. The number of hydrogen-bond donors (Lipinski definition) is 3. The predicted octanol–water partition coefficient (Wildman–Crippen LogP) is 7.03. The first-order valence-corrected chi connectivity index (χ1v) is 14.2. The maximum absolute atomic E-state index is 9.34. The van der Waals surface area contributed by atoms with E-state index < -0.39 is 0 Å². The largest absolute Gasteiger partial charge is 0.481 e. The second-order valence-corrected chi connectivity index (χ2v) is 11.2. The summed E-state index contributed by atoms with van der Waals surface area (Å²) in [7, 11) is 1.62. The van der Waals surface area contributed by atoms with Gasteiger partial charge in [-0.2, -0.15) is 0 Å². The van der Waals surface area contributed by atoms with E-state index in [-0.39, 0.29) is 12.1 Å². The van der Waals surface area contributed by atoms with Gasteiger partial charge in [0.1, 0.15) is 11.3 Å². The molecule has 0 unspecified atom stereocenters. The minimum atomic E-state index is -0.215. The van der Waals surface area contributed by atoms with Crippen LogP contribution >= 0.6 is 11.6 Å². The number of nitrogens with one attached hydrogen (secondary N) is 2. The fraction of sp³-hybridized carbons (Fsp3) is 0.273. The second kappa shape index (κ2) is 12.4. The summed E-state index contributed by atoms with van der Waals surface area (Å²) in [6.07, 6.45) is 2.39. The van der Waals surface area contributed by atoms with Crippen molar-refractivity contribution in [1.82, 2.24) is 25.3 Å². The molecule has 0 saturated heterocycles. The highest BCUT2D eigenvalue weighted by molar-refractivity contribution is 6.36. The maximum Gasteiger partial charge on any atom is 0.218 e. The second-order valence-electron chi connectivity index (χ2n) is 10.8. The normalized spacial score (nSPS) is 11.6. The molecule has 0 aliphatic carbocycles. The third-order valence-corrected chi connectivity index (χ3v) is 7.75. The molecule has 0 spiro atoms. The van der Waals surface area contributed by atoms with Crippen LogP contribution in [0.15, 0.2) is 66.9 Å². The van der Waals surface area contributed by atoms with Gasteiger partial charge in [0.2, 0.25) is 5.88 Å². The molecule has 5 aromatic rings. The van der Waals surface area contributed by atoms with Crippen LogP contribution in [-0.2, 0) is 6.54 Å². The molecule has 0 amide bonds.